The second-order valence-corrected chi connectivity index (χ2v) is 3.41. The van der Waals surface area contributed by atoms with Crippen LogP contribution in [0.15, 0.2) is 30.3 Å². The summed E-state index contributed by atoms with van der Waals surface area (Å²) in [4.78, 5) is 0. The molecule has 0 aromatic heterocycles. The predicted octanol–water partition coefficient (Wildman–Crippen LogP) is 2.49. The number of benzene rings is 1. The molecule has 3 heteroatoms. The molecule has 0 aliphatic carbocycles. The Balaban J connectivity index is 0.00000112. The molecule has 0 fully saturated rings. The monoisotopic (exact) mass is 225 g/mol. The highest BCUT2D eigenvalue weighted by Crippen LogP contribution is 2.21. The number of halogens is 1. The highest BCUT2D eigenvalue weighted by molar-refractivity contribution is 5.85. The van der Waals surface area contributed by atoms with Gasteiger partial charge >= 0.3 is 0 Å². The minimum absolute atomic E-state index is 0. The Morgan fingerprint density at radius 1 is 1.20 bits per heavy atom. The van der Waals surface area contributed by atoms with Crippen LogP contribution in [-0.4, -0.2) is 20.2 Å². The van der Waals surface area contributed by atoms with E-state index < -0.39 is 0 Å². The molecule has 0 spiro atoms. The fraction of sp³-hybridized carbons (Fsp3) is 0.333. The summed E-state index contributed by atoms with van der Waals surface area (Å²) < 4.78 is 5.12. The van der Waals surface area contributed by atoms with E-state index in [-0.39, 0.29) is 12.4 Å². The van der Waals surface area contributed by atoms with E-state index in [0.29, 0.717) is 0 Å². The van der Waals surface area contributed by atoms with E-state index in [1.165, 1.54) is 11.1 Å². The second-order valence-electron chi connectivity index (χ2n) is 3.41. The quantitative estimate of drug-likeness (QED) is 0.835. The molecule has 1 heterocycles. The van der Waals surface area contributed by atoms with Crippen molar-refractivity contribution in [1.82, 2.24) is 5.32 Å². The zero-order valence-corrected chi connectivity index (χ0v) is 9.64. The van der Waals surface area contributed by atoms with Gasteiger partial charge in [0.1, 0.15) is 5.75 Å². The molecular weight excluding hydrogens is 210 g/mol. The molecule has 15 heavy (non-hydrogen) atoms. The first-order chi connectivity index (χ1) is 6.90. The first kappa shape index (κ1) is 12.1. The van der Waals surface area contributed by atoms with Gasteiger partial charge in [-0.05, 0) is 36.2 Å². The number of methoxy groups -OCH3 is 1. The van der Waals surface area contributed by atoms with Gasteiger partial charge < -0.3 is 10.1 Å². The molecule has 0 atom stereocenters. The van der Waals surface area contributed by atoms with Crippen molar-refractivity contribution in [3.8, 4) is 5.75 Å². The van der Waals surface area contributed by atoms with Gasteiger partial charge in [0.25, 0.3) is 0 Å². The molecule has 82 valence electrons. The maximum atomic E-state index is 5.12. The molecule has 0 saturated carbocycles. The Kier molecular flexibility index (Phi) is 4.66. The van der Waals surface area contributed by atoms with Crippen LogP contribution in [0, 0.1) is 0 Å². The number of hydrogen-bond donors (Lipinski definition) is 1. The van der Waals surface area contributed by atoms with Crippen molar-refractivity contribution < 1.29 is 4.74 Å². The van der Waals surface area contributed by atoms with Crippen molar-refractivity contribution in [2.24, 2.45) is 0 Å². The lowest BCUT2D eigenvalue weighted by Crippen LogP contribution is -2.19. The van der Waals surface area contributed by atoms with Crippen molar-refractivity contribution in [3.05, 3.63) is 35.9 Å². The minimum Gasteiger partial charge on any atom is -0.497 e. The van der Waals surface area contributed by atoms with Crippen LogP contribution in [0.1, 0.15) is 12.0 Å². The van der Waals surface area contributed by atoms with Gasteiger partial charge in [-0.3, -0.25) is 0 Å². The van der Waals surface area contributed by atoms with Crippen LogP contribution >= 0.6 is 12.4 Å². The van der Waals surface area contributed by atoms with Crippen LogP contribution in [-0.2, 0) is 0 Å². The van der Waals surface area contributed by atoms with Gasteiger partial charge in [-0.1, -0.05) is 18.2 Å². The first-order valence-electron chi connectivity index (χ1n) is 4.94. The molecule has 0 amide bonds. The van der Waals surface area contributed by atoms with Crippen LogP contribution in [0.5, 0.6) is 5.75 Å². The van der Waals surface area contributed by atoms with E-state index in [1.54, 1.807) is 7.11 Å². The van der Waals surface area contributed by atoms with Crippen LogP contribution < -0.4 is 10.1 Å². The van der Waals surface area contributed by atoms with E-state index in [4.69, 9.17) is 4.74 Å². The molecule has 2 nitrogen and oxygen atoms in total. The minimum atomic E-state index is 0. The Bertz CT molecular complexity index is 332. The van der Waals surface area contributed by atoms with Gasteiger partial charge in [0.2, 0.25) is 0 Å². The van der Waals surface area contributed by atoms with E-state index in [1.807, 2.05) is 12.1 Å². The third kappa shape index (κ3) is 2.98. The summed E-state index contributed by atoms with van der Waals surface area (Å²) in [6.07, 6.45) is 3.37. The lowest BCUT2D eigenvalue weighted by molar-refractivity contribution is 0.415. The smallest absolute Gasteiger partial charge is 0.118 e. The highest BCUT2D eigenvalue weighted by Gasteiger charge is 2.04. The van der Waals surface area contributed by atoms with E-state index in [9.17, 15) is 0 Å². The van der Waals surface area contributed by atoms with Gasteiger partial charge in [0, 0.05) is 6.54 Å². The molecule has 1 aliphatic heterocycles. The Morgan fingerprint density at radius 3 is 2.47 bits per heavy atom. The molecule has 0 unspecified atom stereocenters. The Labute approximate surface area is 96.7 Å². The lowest BCUT2D eigenvalue weighted by atomic mass is 10.0. The van der Waals surface area contributed by atoms with E-state index in [2.05, 4.69) is 23.5 Å². The van der Waals surface area contributed by atoms with E-state index >= 15 is 0 Å². The average Bonchev–Trinajstić information content (AvgIpc) is 2.30. The fourth-order valence-electron chi connectivity index (χ4n) is 1.69. The predicted molar refractivity (Wildman–Crippen MR) is 65.7 cm³/mol. The van der Waals surface area contributed by atoms with Gasteiger partial charge in [-0.15, -0.1) is 12.4 Å². The third-order valence-corrected chi connectivity index (χ3v) is 2.52. The Hall–Kier alpha value is -0.990. The number of nitrogens with one attached hydrogen (secondary N) is 1. The molecule has 1 N–H and O–H groups in total. The van der Waals surface area contributed by atoms with Crippen LogP contribution in [0.2, 0.25) is 0 Å². The molecule has 1 aliphatic rings. The zero-order valence-electron chi connectivity index (χ0n) is 8.82. The summed E-state index contributed by atoms with van der Waals surface area (Å²) in [6, 6.07) is 8.27. The summed E-state index contributed by atoms with van der Waals surface area (Å²) in [7, 11) is 1.69. The summed E-state index contributed by atoms with van der Waals surface area (Å²) in [5, 5.41) is 3.31. The largest absolute Gasteiger partial charge is 0.497 e. The third-order valence-electron chi connectivity index (χ3n) is 2.52. The summed E-state index contributed by atoms with van der Waals surface area (Å²) in [5.41, 5.74) is 2.75. The molecule has 1 aromatic rings. The van der Waals surface area contributed by atoms with Crippen LogP contribution in [0.25, 0.3) is 5.57 Å². The van der Waals surface area contributed by atoms with Crippen LogP contribution in [0.4, 0.5) is 0 Å². The highest BCUT2D eigenvalue weighted by atomic mass is 35.5. The van der Waals surface area contributed by atoms with Gasteiger partial charge in [0.15, 0.2) is 0 Å². The van der Waals surface area contributed by atoms with Crippen molar-refractivity contribution in [2.75, 3.05) is 20.2 Å². The molecule has 0 bridgehead atoms. The molecule has 1 aromatic carbocycles. The average molecular weight is 226 g/mol. The normalized spacial score (nSPS) is 15.1. The van der Waals surface area contributed by atoms with Crippen molar-refractivity contribution in [1.29, 1.82) is 0 Å². The zero-order chi connectivity index (χ0) is 9.80. The fourth-order valence-corrected chi connectivity index (χ4v) is 1.69. The van der Waals surface area contributed by atoms with Crippen LogP contribution in [0.3, 0.4) is 0 Å². The standard InChI is InChI=1S/C12H15NO.ClH/c1-14-12-4-2-10(3-5-12)11-6-8-13-9-7-11;/h2-6,13H,7-9H2,1H3;1H. The van der Waals surface area contributed by atoms with Gasteiger partial charge in [-0.2, -0.15) is 0 Å². The number of hydrogen-bond acceptors (Lipinski definition) is 2. The maximum Gasteiger partial charge on any atom is 0.118 e. The SMILES string of the molecule is COc1ccc(C2=CCNCC2)cc1.Cl. The number of rotatable bonds is 2. The Morgan fingerprint density at radius 2 is 1.93 bits per heavy atom. The topological polar surface area (TPSA) is 21.3 Å². The van der Waals surface area contributed by atoms with Gasteiger partial charge in [-0.25, -0.2) is 0 Å². The summed E-state index contributed by atoms with van der Waals surface area (Å²) >= 11 is 0. The molecule has 2 rings (SSSR count). The van der Waals surface area contributed by atoms with E-state index in [0.717, 1.165) is 25.3 Å². The number of ether oxygens (including phenoxy) is 1. The van der Waals surface area contributed by atoms with Crippen molar-refractivity contribution in [2.45, 2.75) is 6.42 Å². The summed E-state index contributed by atoms with van der Waals surface area (Å²) in [5.74, 6) is 0.920. The molecular formula is C12H16ClNO. The second kappa shape index (κ2) is 5.79. The lowest BCUT2D eigenvalue weighted by Gasteiger charge is -2.14. The van der Waals surface area contributed by atoms with Crippen molar-refractivity contribution in [3.63, 3.8) is 0 Å². The maximum absolute atomic E-state index is 5.12. The summed E-state index contributed by atoms with van der Waals surface area (Å²) in [6.45, 7) is 2.07. The van der Waals surface area contributed by atoms with Crippen molar-refractivity contribution >= 4 is 18.0 Å². The molecule has 0 radical (unpaired) electrons. The molecule has 0 saturated heterocycles. The first-order valence-corrected chi connectivity index (χ1v) is 4.94. The van der Waals surface area contributed by atoms with Gasteiger partial charge in [0.05, 0.1) is 7.11 Å².